The largest absolute Gasteiger partial charge is 0.436 e. The molecule has 1 aromatic carbocycles. The van der Waals surface area contributed by atoms with Crippen molar-refractivity contribution in [2.24, 2.45) is 5.92 Å². The van der Waals surface area contributed by atoms with Crippen LogP contribution < -0.4 is 15.5 Å². The van der Waals surface area contributed by atoms with Gasteiger partial charge >= 0.3 is 0 Å². The molecule has 168 valence electrons. The minimum atomic E-state index is -2.44. The number of methoxy groups -OCH3 is 1. The van der Waals surface area contributed by atoms with Crippen molar-refractivity contribution in [1.29, 1.82) is 0 Å². The first-order valence-electron chi connectivity index (χ1n) is 12.3. The van der Waals surface area contributed by atoms with Gasteiger partial charge in [0.05, 0.1) is 11.7 Å². The fourth-order valence-corrected chi connectivity index (χ4v) is 4.07. The van der Waals surface area contributed by atoms with E-state index in [1.165, 1.54) is 12.4 Å². The van der Waals surface area contributed by atoms with Gasteiger partial charge in [-0.3, -0.25) is 4.79 Å². The maximum Gasteiger partial charge on any atom is 0.229 e. The van der Waals surface area contributed by atoms with Crippen molar-refractivity contribution in [3.05, 3.63) is 36.7 Å². The van der Waals surface area contributed by atoms with Crippen molar-refractivity contribution in [3.8, 4) is 11.5 Å². The van der Waals surface area contributed by atoms with Gasteiger partial charge in [-0.2, -0.15) is 0 Å². The Morgan fingerprint density at radius 2 is 2.09 bits per heavy atom. The highest BCUT2D eigenvalue weighted by atomic mass is 16.5. The predicted octanol–water partition coefficient (Wildman–Crippen LogP) is 3.66. The minimum absolute atomic E-state index is 0.0176. The lowest BCUT2D eigenvalue weighted by molar-refractivity contribution is -0.117. The molecule has 1 aliphatic heterocycles. The highest BCUT2D eigenvalue weighted by Crippen LogP contribution is 2.36. The van der Waals surface area contributed by atoms with E-state index in [-0.39, 0.29) is 23.7 Å². The van der Waals surface area contributed by atoms with Crippen LogP contribution in [0, 0.1) is 5.92 Å². The molecular weight excluding hydrogens is 420 g/mol. The van der Waals surface area contributed by atoms with Gasteiger partial charge in [0.2, 0.25) is 11.8 Å². The second-order valence-electron chi connectivity index (χ2n) is 8.46. The number of aromatic nitrogens is 3. The third-order valence-electron chi connectivity index (χ3n) is 6.24. The highest BCUT2D eigenvalue weighted by Gasteiger charge is 2.30. The Labute approximate surface area is 194 Å². The van der Waals surface area contributed by atoms with Crippen molar-refractivity contribution in [1.82, 2.24) is 15.0 Å². The van der Waals surface area contributed by atoms with E-state index in [2.05, 4.69) is 25.5 Å². The summed E-state index contributed by atoms with van der Waals surface area (Å²) in [7, 11) is 1.71. The van der Waals surface area contributed by atoms with Crippen LogP contribution >= 0.6 is 0 Å². The molecule has 6 rings (SSSR count). The van der Waals surface area contributed by atoms with Gasteiger partial charge in [0.15, 0.2) is 5.58 Å². The molecule has 9 nitrogen and oxygen atoms in total. The van der Waals surface area contributed by atoms with Crippen LogP contribution in [-0.4, -0.2) is 54.1 Å². The smallest absolute Gasteiger partial charge is 0.229 e. The molecule has 0 spiro atoms. The lowest BCUT2D eigenvalue weighted by atomic mass is 10.1. The number of amides is 1. The number of carbonyl (C=O) groups is 1. The summed E-state index contributed by atoms with van der Waals surface area (Å²) in [6.45, 7) is -0.795. The predicted molar refractivity (Wildman–Crippen MR) is 126 cm³/mol. The van der Waals surface area contributed by atoms with E-state index in [9.17, 15) is 4.79 Å². The normalized spacial score (nSPS) is 18.0. The van der Waals surface area contributed by atoms with Gasteiger partial charge in [-0.1, -0.05) is 0 Å². The highest BCUT2D eigenvalue weighted by molar-refractivity contribution is 6.03. The number of pyridine rings is 2. The second kappa shape index (κ2) is 7.70. The first-order valence-corrected chi connectivity index (χ1v) is 10.8. The van der Waals surface area contributed by atoms with E-state index in [0.717, 1.165) is 31.6 Å². The number of benzene rings is 1. The third kappa shape index (κ3) is 3.54. The number of hydrogen-bond acceptors (Lipinski definition) is 8. The Morgan fingerprint density at radius 1 is 1.21 bits per heavy atom. The Kier molecular flexibility index (Phi) is 3.93. The van der Waals surface area contributed by atoms with E-state index in [1.807, 2.05) is 18.2 Å². The molecule has 3 aromatic heterocycles. The summed E-state index contributed by atoms with van der Waals surface area (Å²) < 4.78 is 34.2. The molecule has 1 aliphatic carbocycles. The van der Waals surface area contributed by atoms with E-state index < -0.39 is 6.98 Å². The molecule has 1 amide bonds. The molecule has 0 atom stereocenters. The Bertz CT molecular complexity index is 1480. The second-order valence-corrected chi connectivity index (χ2v) is 8.46. The van der Waals surface area contributed by atoms with Crippen LogP contribution in [0.15, 0.2) is 41.1 Å². The zero-order valence-corrected chi connectivity index (χ0v) is 18.0. The lowest BCUT2D eigenvalue weighted by Crippen LogP contribution is -2.51. The average molecular weight is 448 g/mol. The molecule has 9 heteroatoms. The maximum atomic E-state index is 12.3. The summed E-state index contributed by atoms with van der Waals surface area (Å²) >= 11 is 0. The van der Waals surface area contributed by atoms with E-state index in [0.29, 0.717) is 39.1 Å². The summed E-state index contributed by atoms with van der Waals surface area (Å²) in [5, 5.41) is 6.38. The van der Waals surface area contributed by atoms with E-state index in [4.69, 9.17) is 18.3 Å². The molecule has 0 unspecified atom stereocenters. The molecule has 33 heavy (non-hydrogen) atoms. The number of ether oxygens (including phenoxy) is 1. The number of fused-ring (bicyclic) bond motifs is 2. The van der Waals surface area contributed by atoms with Crippen LogP contribution in [0.5, 0.6) is 0 Å². The summed E-state index contributed by atoms with van der Waals surface area (Å²) in [6.07, 6.45) is 4.99. The SMILES string of the molecule is [2H]C([2H])([2H])Nc1ncc(-c2nc3cc(N4CC(OC)C4)ccc3o2)c2cc(NC(=O)C3CC3)ncc12. The molecule has 4 aromatic rings. The molecule has 0 radical (unpaired) electrons. The van der Waals surface area contributed by atoms with Crippen LogP contribution in [0.25, 0.3) is 33.3 Å². The molecule has 2 N–H and O–H groups in total. The molecule has 4 heterocycles. The van der Waals surface area contributed by atoms with Crippen LogP contribution in [0.4, 0.5) is 17.3 Å². The molecule has 0 bridgehead atoms. The first-order chi connectivity index (χ1) is 17.3. The molecule has 2 aliphatic rings. The topological polar surface area (TPSA) is 105 Å². The molecule has 1 saturated heterocycles. The summed E-state index contributed by atoms with van der Waals surface area (Å²) in [5.74, 6) is 0.809. The third-order valence-corrected chi connectivity index (χ3v) is 6.24. The van der Waals surface area contributed by atoms with Crippen LogP contribution in [0.1, 0.15) is 17.0 Å². The van der Waals surface area contributed by atoms with Crippen molar-refractivity contribution < 1.29 is 18.1 Å². The monoisotopic (exact) mass is 447 g/mol. The van der Waals surface area contributed by atoms with Crippen LogP contribution in [-0.2, 0) is 9.53 Å². The number of carbonyl (C=O) groups excluding carboxylic acids is 1. The van der Waals surface area contributed by atoms with Crippen molar-refractivity contribution in [2.45, 2.75) is 18.9 Å². The first kappa shape index (κ1) is 16.8. The van der Waals surface area contributed by atoms with Gasteiger partial charge in [-0.15, -0.1) is 0 Å². The summed E-state index contributed by atoms with van der Waals surface area (Å²) in [5.41, 5.74) is 2.90. The number of nitrogens with one attached hydrogen (secondary N) is 2. The minimum Gasteiger partial charge on any atom is -0.436 e. The van der Waals surface area contributed by atoms with Crippen molar-refractivity contribution >= 4 is 45.1 Å². The van der Waals surface area contributed by atoms with Crippen molar-refractivity contribution in [3.63, 3.8) is 0 Å². The van der Waals surface area contributed by atoms with E-state index >= 15 is 0 Å². The Morgan fingerprint density at radius 3 is 2.88 bits per heavy atom. The molecular formula is C24H24N6O3. The number of hydrogen-bond donors (Lipinski definition) is 2. The standard InChI is InChI=1S/C24H24N6O3/c1-25-22-17-9-26-21(29-23(31)13-3-4-13)8-16(17)18(10-27-22)24-28-19-7-14(5-6-20(19)33-24)30-11-15(12-30)32-2/h5-10,13,15H,3-4,11-12H2,1-2H3,(H,25,27)(H,26,29,31)/i1D3. The van der Waals surface area contributed by atoms with Crippen molar-refractivity contribution in [2.75, 3.05) is 42.7 Å². The zero-order chi connectivity index (χ0) is 25.0. The van der Waals surface area contributed by atoms with Gasteiger partial charge < -0.3 is 24.7 Å². The molecule has 2 fully saturated rings. The van der Waals surface area contributed by atoms with Gasteiger partial charge in [-0.05, 0) is 37.1 Å². The van der Waals surface area contributed by atoms with Gasteiger partial charge in [0, 0.05) is 66.1 Å². The Balaban J connectivity index is 1.41. The van der Waals surface area contributed by atoms with Gasteiger partial charge in [0.25, 0.3) is 0 Å². The van der Waals surface area contributed by atoms with Crippen LogP contribution in [0.2, 0.25) is 0 Å². The van der Waals surface area contributed by atoms with Crippen LogP contribution in [0.3, 0.4) is 0 Å². The number of anilines is 3. The average Bonchev–Trinajstić information content (AvgIpc) is 3.57. The summed E-state index contributed by atoms with van der Waals surface area (Å²) in [6, 6.07) is 7.53. The Hall–Kier alpha value is -3.72. The maximum absolute atomic E-state index is 12.3. The van der Waals surface area contributed by atoms with E-state index in [1.54, 1.807) is 13.2 Å². The molecule has 1 saturated carbocycles. The number of rotatable bonds is 6. The van der Waals surface area contributed by atoms with Gasteiger partial charge in [0.1, 0.15) is 17.2 Å². The quantitative estimate of drug-likeness (QED) is 0.461. The lowest BCUT2D eigenvalue weighted by Gasteiger charge is -2.39. The number of oxazole rings is 1. The fourth-order valence-electron chi connectivity index (χ4n) is 4.07. The fraction of sp³-hybridized carbons (Fsp3) is 0.333. The zero-order valence-electron chi connectivity index (χ0n) is 21.0. The number of nitrogens with zero attached hydrogens (tertiary/aromatic N) is 4. The summed E-state index contributed by atoms with van der Waals surface area (Å²) in [4.78, 5) is 27.9. The van der Waals surface area contributed by atoms with Gasteiger partial charge in [-0.25, -0.2) is 15.0 Å².